The highest BCUT2D eigenvalue weighted by molar-refractivity contribution is 6.05. The summed E-state index contributed by atoms with van der Waals surface area (Å²) in [6.45, 7) is 1.64. The number of esters is 1. The Kier molecular flexibility index (Phi) is 3.38. The van der Waals surface area contributed by atoms with Crippen LogP contribution in [-0.2, 0) is 9.53 Å². The molecule has 1 fully saturated rings. The van der Waals surface area contributed by atoms with Gasteiger partial charge in [-0.05, 0) is 38.2 Å². The van der Waals surface area contributed by atoms with Crippen molar-refractivity contribution in [1.29, 1.82) is 0 Å². The highest BCUT2D eigenvalue weighted by atomic mass is 16.6. The van der Waals surface area contributed by atoms with Gasteiger partial charge in [0, 0.05) is 5.57 Å². The number of benzene rings is 1. The summed E-state index contributed by atoms with van der Waals surface area (Å²) < 4.78 is 5.76. The molecule has 1 spiro atoms. The monoisotopic (exact) mass is 272 g/mol. The lowest BCUT2D eigenvalue weighted by Gasteiger charge is -2.34. The number of carbonyl (C=O) groups is 1. The average Bonchev–Trinajstić information content (AvgIpc) is 2.73. The van der Waals surface area contributed by atoms with Gasteiger partial charge in [0.15, 0.2) is 0 Å². The zero-order chi connectivity index (χ0) is 14.2. The van der Waals surface area contributed by atoms with Gasteiger partial charge < -0.3 is 9.84 Å². The predicted octanol–water partition coefficient (Wildman–Crippen LogP) is 3.08. The molecule has 0 radical (unpaired) electrons. The molecule has 1 aliphatic heterocycles. The number of aliphatic hydroxyl groups excluding tert-OH is 1. The fourth-order valence-corrected chi connectivity index (χ4v) is 3.51. The normalized spacial score (nSPS) is 23.0. The van der Waals surface area contributed by atoms with Crippen LogP contribution in [-0.4, -0.2) is 22.8 Å². The third-order valence-electron chi connectivity index (χ3n) is 4.37. The summed E-state index contributed by atoms with van der Waals surface area (Å²) in [5.74, 6) is -0.347. The Morgan fingerprint density at radius 3 is 2.40 bits per heavy atom. The lowest BCUT2D eigenvalue weighted by Crippen LogP contribution is -2.33. The molecule has 3 nitrogen and oxygen atoms in total. The molecule has 1 heterocycles. The molecule has 1 unspecified atom stereocenters. The van der Waals surface area contributed by atoms with Crippen LogP contribution in [0, 0.1) is 0 Å². The first-order chi connectivity index (χ1) is 9.64. The van der Waals surface area contributed by atoms with Gasteiger partial charge in [0.2, 0.25) is 0 Å². The minimum absolute atomic E-state index is 0.347. The Bertz CT molecular complexity index is 537. The SMILES string of the molecule is CC(O)C1=C(c2ccccc2)C2(CCCCC2)OC1=O. The van der Waals surface area contributed by atoms with Crippen molar-refractivity contribution in [3.63, 3.8) is 0 Å². The van der Waals surface area contributed by atoms with Crippen LogP contribution in [0.4, 0.5) is 0 Å². The third kappa shape index (κ3) is 2.06. The van der Waals surface area contributed by atoms with Crippen molar-refractivity contribution in [2.24, 2.45) is 0 Å². The first-order valence-corrected chi connectivity index (χ1v) is 7.35. The van der Waals surface area contributed by atoms with E-state index < -0.39 is 11.7 Å². The molecule has 0 amide bonds. The maximum Gasteiger partial charge on any atom is 0.337 e. The zero-order valence-electron chi connectivity index (χ0n) is 11.8. The standard InChI is InChI=1S/C17H20O3/c1-12(18)14-15(13-8-4-2-5-9-13)17(20-16(14)19)10-6-3-7-11-17/h2,4-5,8-9,12,18H,3,6-7,10-11H2,1H3. The molecule has 106 valence electrons. The van der Waals surface area contributed by atoms with Gasteiger partial charge in [-0.3, -0.25) is 0 Å². The highest BCUT2D eigenvalue weighted by Crippen LogP contribution is 2.49. The van der Waals surface area contributed by atoms with E-state index in [-0.39, 0.29) is 5.97 Å². The first-order valence-electron chi connectivity index (χ1n) is 7.35. The van der Waals surface area contributed by atoms with Crippen LogP contribution in [0.15, 0.2) is 35.9 Å². The van der Waals surface area contributed by atoms with E-state index in [1.807, 2.05) is 30.3 Å². The Morgan fingerprint density at radius 1 is 1.15 bits per heavy atom. The number of hydrogen-bond donors (Lipinski definition) is 1. The summed E-state index contributed by atoms with van der Waals surface area (Å²) in [5.41, 5.74) is 1.84. The summed E-state index contributed by atoms with van der Waals surface area (Å²) in [6.07, 6.45) is 4.25. The quantitative estimate of drug-likeness (QED) is 0.842. The highest BCUT2D eigenvalue weighted by Gasteiger charge is 2.49. The van der Waals surface area contributed by atoms with Gasteiger partial charge in [0.1, 0.15) is 5.60 Å². The van der Waals surface area contributed by atoms with Crippen LogP contribution in [0.1, 0.15) is 44.6 Å². The zero-order valence-corrected chi connectivity index (χ0v) is 11.8. The summed E-state index contributed by atoms with van der Waals surface area (Å²) in [5, 5.41) is 10.0. The van der Waals surface area contributed by atoms with E-state index in [0.29, 0.717) is 5.57 Å². The van der Waals surface area contributed by atoms with Crippen molar-refractivity contribution < 1.29 is 14.6 Å². The number of rotatable bonds is 2. The fourth-order valence-electron chi connectivity index (χ4n) is 3.51. The summed E-state index contributed by atoms with van der Waals surface area (Å²) in [4.78, 5) is 12.2. The Hall–Kier alpha value is -1.61. The van der Waals surface area contributed by atoms with Gasteiger partial charge in [-0.2, -0.15) is 0 Å². The summed E-state index contributed by atoms with van der Waals surface area (Å²) in [7, 11) is 0. The number of ether oxygens (including phenoxy) is 1. The second kappa shape index (κ2) is 5.06. The van der Waals surface area contributed by atoms with E-state index in [1.54, 1.807) is 6.92 Å². The van der Waals surface area contributed by atoms with Crippen LogP contribution in [0.25, 0.3) is 5.57 Å². The van der Waals surface area contributed by atoms with Crippen molar-refractivity contribution in [3.05, 3.63) is 41.5 Å². The second-order valence-electron chi connectivity index (χ2n) is 5.78. The predicted molar refractivity (Wildman–Crippen MR) is 77.0 cm³/mol. The molecule has 3 heteroatoms. The molecule has 0 aromatic heterocycles. The molecule has 1 aromatic carbocycles. The Labute approximate surface area is 119 Å². The number of aliphatic hydroxyl groups is 1. The van der Waals surface area contributed by atoms with E-state index in [0.717, 1.165) is 36.8 Å². The lowest BCUT2D eigenvalue weighted by molar-refractivity contribution is -0.148. The smallest absolute Gasteiger partial charge is 0.337 e. The van der Waals surface area contributed by atoms with Crippen LogP contribution in [0.5, 0.6) is 0 Å². The molecule has 0 bridgehead atoms. The van der Waals surface area contributed by atoms with Crippen molar-refractivity contribution >= 4 is 11.5 Å². The van der Waals surface area contributed by atoms with Crippen molar-refractivity contribution in [1.82, 2.24) is 0 Å². The summed E-state index contributed by atoms with van der Waals surface area (Å²) >= 11 is 0. The second-order valence-corrected chi connectivity index (χ2v) is 5.78. The number of hydrogen-bond acceptors (Lipinski definition) is 3. The van der Waals surface area contributed by atoms with Gasteiger partial charge in [-0.1, -0.05) is 36.8 Å². The van der Waals surface area contributed by atoms with Gasteiger partial charge >= 0.3 is 5.97 Å². The van der Waals surface area contributed by atoms with E-state index in [4.69, 9.17) is 4.74 Å². The van der Waals surface area contributed by atoms with E-state index in [9.17, 15) is 9.90 Å². The van der Waals surface area contributed by atoms with Gasteiger partial charge in [0.05, 0.1) is 11.7 Å². The molecular weight excluding hydrogens is 252 g/mol. The van der Waals surface area contributed by atoms with Gasteiger partial charge in [0.25, 0.3) is 0 Å². The molecule has 1 N–H and O–H groups in total. The topological polar surface area (TPSA) is 46.5 Å². The third-order valence-corrected chi connectivity index (χ3v) is 4.37. The molecule has 1 aromatic rings. The minimum atomic E-state index is -0.793. The van der Waals surface area contributed by atoms with Crippen LogP contribution in [0.3, 0.4) is 0 Å². The molecular formula is C17H20O3. The van der Waals surface area contributed by atoms with Gasteiger partial charge in [-0.25, -0.2) is 4.79 Å². The molecule has 0 saturated heterocycles. The first kappa shape index (κ1) is 13.4. The molecule has 1 saturated carbocycles. The average molecular weight is 272 g/mol. The summed E-state index contributed by atoms with van der Waals surface area (Å²) in [6, 6.07) is 9.87. The lowest BCUT2D eigenvalue weighted by atomic mass is 9.76. The maximum atomic E-state index is 12.2. The fraction of sp³-hybridized carbons (Fsp3) is 0.471. The van der Waals surface area contributed by atoms with Crippen LogP contribution >= 0.6 is 0 Å². The Morgan fingerprint density at radius 2 is 1.80 bits per heavy atom. The van der Waals surface area contributed by atoms with E-state index >= 15 is 0 Å². The van der Waals surface area contributed by atoms with Crippen molar-refractivity contribution in [2.75, 3.05) is 0 Å². The molecule has 1 atom stereocenters. The van der Waals surface area contributed by atoms with Crippen LogP contribution in [0.2, 0.25) is 0 Å². The Balaban J connectivity index is 2.16. The molecule has 1 aliphatic carbocycles. The van der Waals surface area contributed by atoms with E-state index in [1.165, 1.54) is 6.42 Å². The minimum Gasteiger partial charge on any atom is -0.451 e. The molecule has 2 aliphatic rings. The van der Waals surface area contributed by atoms with E-state index in [2.05, 4.69) is 0 Å². The van der Waals surface area contributed by atoms with Crippen LogP contribution < -0.4 is 0 Å². The van der Waals surface area contributed by atoms with Crippen molar-refractivity contribution in [3.8, 4) is 0 Å². The van der Waals surface area contributed by atoms with Crippen molar-refractivity contribution in [2.45, 2.75) is 50.7 Å². The number of carbonyl (C=O) groups excluding carboxylic acids is 1. The largest absolute Gasteiger partial charge is 0.451 e. The maximum absolute atomic E-state index is 12.2. The van der Waals surface area contributed by atoms with Gasteiger partial charge in [-0.15, -0.1) is 0 Å². The molecule has 20 heavy (non-hydrogen) atoms. The molecule has 3 rings (SSSR count).